The Balaban J connectivity index is 1.32. The second-order valence-electron chi connectivity index (χ2n) is 19.6. The van der Waals surface area contributed by atoms with Crippen molar-refractivity contribution in [1.29, 1.82) is 0 Å². The average molecular weight is 889 g/mol. The lowest BCUT2D eigenvalue weighted by molar-refractivity contribution is -0.311. The Morgan fingerprint density at radius 3 is 2.28 bits per heavy atom. The van der Waals surface area contributed by atoms with Crippen molar-refractivity contribution in [2.75, 3.05) is 14.2 Å². The van der Waals surface area contributed by atoms with Crippen LogP contribution in [0.1, 0.15) is 103 Å². The van der Waals surface area contributed by atoms with E-state index >= 15 is 4.79 Å². The van der Waals surface area contributed by atoms with Gasteiger partial charge in [0.15, 0.2) is 18.0 Å². The number of methoxy groups -OCH3 is 2. The van der Waals surface area contributed by atoms with Gasteiger partial charge in [-0.25, -0.2) is 14.4 Å². The van der Waals surface area contributed by atoms with Crippen molar-refractivity contribution in [3.8, 4) is 11.5 Å². The second-order valence-corrected chi connectivity index (χ2v) is 19.6. The van der Waals surface area contributed by atoms with Crippen molar-refractivity contribution < 1.29 is 68.0 Å². The van der Waals surface area contributed by atoms with E-state index in [1.54, 1.807) is 45.9 Å². The fraction of sp³-hybridized carbons (Fsp3) is 0.600. The zero-order chi connectivity index (χ0) is 47.0. The molecule has 0 unspecified atom stereocenters. The maximum absolute atomic E-state index is 15.2. The normalized spacial score (nSPS) is 40.5. The molecule has 2 aliphatic heterocycles. The number of carbonyl (C=O) groups is 4. The molecule has 348 valence electrons. The summed E-state index contributed by atoms with van der Waals surface area (Å²) in [4.78, 5) is 56.1. The third kappa shape index (κ3) is 7.51. The minimum absolute atomic E-state index is 0.0849. The van der Waals surface area contributed by atoms with Crippen LogP contribution in [0.3, 0.4) is 0 Å². The van der Waals surface area contributed by atoms with E-state index < -0.39 is 106 Å². The number of carboxylic acids is 1. The summed E-state index contributed by atoms with van der Waals surface area (Å²) in [5.41, 5.74) is -1.43. The molecule has 7 rings (SSSR count). The first-order valence-corrected chi connectivity index (χ1v) is 22.4. The Morgan fingerprint density at radius 2 is 1.62 bits per heavy atom. The minimum Gasteiger partial charge on any atom is -0.511 e. The quantitative estimate of drug-likeness (QED) is 0.123. The van der Waals surface area contributed by atoms with E-state index in [0.717, 1.165) is 16.7 Å². The predicted molar refractivity (Wildman–Crippen MR) is 233 cm³/mol. The van der Waals surface area contributed by atoms with Gasteiger partial charge < -0.3 is 48.8 Å². The minimum atomic E-state index is -1.81. The summed E-state index contributed by atoms with van der Waals surface area (Å²) in [7, 11) is 2.90. The molecule has 3 fully saturated rings. The van der Waals surface area contributed by atoms with E-state index in [9.17, 15) is 34.8 Å². The number of esters is 2. The Hall–Kier alpha value is -4.76. The first-order chi connectivity index (χ1) is 30.0. The lowest BCUT2D eigenvalue weighted by Crippen LogP contribution is -2.60. The number of Topliss-reactive ketones (excluding diaryl/α,β-unsaturated/α-hetero) is 1. The number of carbonyl (C=O) groups excluding carboxylic acids is 3. The van der Waals surface area contributed by atoms with Crippen LogP contribution in [-0.4, -0.2) is 101 Å². The number of ether oxygens (including phenoxy) is 6. The molecule has 1 saturated carbocycles. The fourth-order valence-electron chi connectivity index (χ4n) is 12.3. The molecule has 1 spiro atoms. The Kier molecular flexibility index (Phi) is 12.7. The number of fused-ring (bicyclic) bond motifs is 4. The third-order valence-corrected chi connectivity index (χ3v) is 15.4. The van der Waals surface area contributed by atoms with E-state index in [1.165, 1.54) is 14.2 Å². The van der Waals surface area contributed by atoms with Gasteiger partial charge in [0.25, 0.3) is 0 Å². The van der Waals surface area contributed by atoms with Gasteiger partial charge in [-0.1, -0.05) is 61.8 Å². The van der Waals surface area contributed by atoms with Gasteiger partial charge in [0.1, 0.15) is 40.6 Å². The largest absolute Gasteiger partial charge is 0.511 e. The maximum atomic E-state index is 15.2. The molecule has 6 aliphatic rings. The number of ketones is 1. The van der Waals surface area contributed by atoms with Gasteiger partial charge in [-0.2, -0.15) is 0 Å². The molecule has 64 heavy (non-hydrogen) atoms. The van der Waals surface area contributed by atoms with Gasteiger partial charge >= 0.3 is 17.9 Å². The van der Waals surface area contributed by atoms with Crippen molar-refractivity contribution in [1.82, 2.24) is 0 Å². The molecular formula is C50H64O14. The molecule has 14 nitrogen and oxygen atoms in total. The van der Waals surface area contributed by atoms with E-state index in [-0.39, 0.29) is 35.0 Å². The zero-order valence-electron chi connectivity index (χ0n) is 38.7. The SMILES string of the molecule is COc1cc(C)c(C(=O)O[C@H]2[C@H](O[C@H]3CC[C@H](C)[C@@H]4[C@@H]3C=C(C)[C@H]3/C(C)=C/CC/C(C)=C/[C@]5(C)C=C(C(=O)O)[C@H](C)C[C@]56OC(=O)C(=C(O)[C@@]43C)C6=O)O[C@H](C)[C@@H](O)[C@H]2O)c(OC)c1. The summed E-state index contributed by atoms with van der Waals surface area (Å²) < 4.78 is 36.1. The number of allylic oxidation sites excluding steroid dienone is 5. The third-order valence-electron chi connectivity index (χ3n) is 15.4. The summed E-state index contributed by atoms with van der Waals surface area (Å²) >= 11 is 0. The number of hydrogen-bond acceptors (Lipinski definition) is 13. The molecule has 2 bridgehead atoms. The van der Waals surface area contributed by atoms with Crippen LogP contribution in [0.25, 0.3) is 0 Å². The van der Waals surface area contributed by atoms with Gasteiger partial charge in [0.05, 0.1) is 31.8 Å². The van der Waals surface area contributed by atoms with Gasteiger partial charge in [-0.05, 0) is 96.6 Å². The number of benzene rings is 1. The first kappa shape index (κ1) is 47.2. The molecule has 14 heteroatoms. The van der Waals surface area contributed by atoms with Crippen LogP contribution in [0.15, 0.2) is 70.1 Å². The smallest absolute Gasteiger partial charge is 0.346 e. The highest BCUT2D eigenvalue weighted by atomic mass is 16.7. The highest BCUT2D eigenvalue weighted by Gasteiger charge is 2.67. The number of aliphatic carboxylic acids is 1. The number of aliphatic hydroxyl groups is 3. The maximum Gasteiger partial charge on any atom is 0.346 e. The van der Waals surface area contributed by atoms with Crippen molar-refractivity contribution in [3.63, 3.8) is 0 Å². The van der Waals surface area contributed by atoms with E-state index in [4.69, 9.17) is 28.4 Å². The van der Waals surface area contributed by atoms with E-state index in [0.29, 0.717) is 37.0 Å². The first-order valence-electron chi connectivity index (χ1n) is 22.4. The van der Waals surface area contributed by atoms with Gasteiger partial charge in [0, 0.05) is 35.3 Å². The fourth-order valence-corrected chi connectivity index (χ4v) is 12.3. The van der Waals surface area contributed by atoms with Gasteiger partial charge in [-0.15, -0.1) is 0 Å². The molecular weight excluding hydrogens is 825 g/mol. The number of aryl methyl sites for hydroxylation is 1. The molecule has 2 saturated heterocycles. The van der Waals surface area contributed by atoms with Crippen LogP contribution in [-0.2, 0) is 33.3 Å². The monoisotopic (exact) mass is 888 g/mol. The molecule has 0 aromatic heterocycles. The van der Waals surface area contributed by atoms with Crippen LogP contribution in [0, 0.1) is 47.3 Å². The molecule has 0 amide bonds. The standard InChI is InChI=1S/C50H64O14/c1-23-13-12-14-24(2)37-27(5)18-31-33(62-47-41(40(52)39(51)29(7)61-47)63-45(57)35-26(4)17-30(59-10)19-34(35)60-11)16-15-25(3)38(31)49(37,9)42(53)36-43(54)50(64-46(36)58)21-28(6)32(44(55)56)22-48(50,8)20-23/h14,17-20,22,25,28-29,31,33,37-41,47,51-53H,12-13,15-16,21H2,1-11H3,(H,55,56)/b23-20+,24-14+,42-36?/t25-,28+,29+,31+,33-,37+,38+,39+,40+,41+,47-,48+,49+,50+/m0/s1. The molecule has 14 atom stereocenters. The number of aliphatic hydroxyl groups excluding tert-OH is 3. The van der Waals surface area contributed by atoms with Crippen molar-refractivity contribution in [2.24, 2.45) is 40.4 Å². The topological polar surface area (TPSA) is 205 Å². The van der Waals surface area contributed by atoms with Crippen molar-refractivity contribution >= 4 is 23.7 Å². The molecule has 1 aromatic carbocycles. The van der Waals surface area contributed by atoms with Crippen molar-refractivity contribution in [3.05, 3.63) is 81.2 Å². The van der Waals surface area contributed by atoms with Gasteiger partial charge in [-0.3, -0.25) is 4.79 Å². The summed E-state index contributed by atoms with van der Waals surface area (Å²) in [6.07, 6.45) is 2.48. The lowest BCUT2D eigenvalue weighted by Gasteiger charge is -2.56. The zero-order valence-corrected chi connectivity index (χ0v) is 38.7. The van der Waals surface area contributed by atoms with Crippen LogP contribution >= 0.6 is 0 Å². The van der Waals surface area contributed by atoms with E-state index in [2.05, 4.69) is 19.1 Å². The Bertz CT molecular complexity index is 2270. The van der Waals surface area contributed by atoms with Gasteiger partial charge in [0.2, 0.25) is 5.78 Å². The van der Waals surface area contributed by atoms with Crippen LogP contribution < -0.4 is 9.47 Å². The predicted octanol–water partition coefficient (Wildman–Crippen LogP) is 7.05. The second kappa shape index (κ2) is 17.2. The van der Waals surface area contributed by atoms with Crippen LogP contribution in [0.5, 0.6) is 11.5 Å². The van der Waals surface area contributed by atoms with E-state index in [1.807, 2.05) is 33.8 Å². The summed E-state index contributed by atoms with van der Waals surface area (Å²) in [5, 5.41) is 45.7. The Morgan fingerprint density at radius 1 is 0.922 bits per heavy atom. The number of carboxylic acid groups (broad SMARTS) is 1. The lowest BCUT2D eigenvalue weighted by atomic mass is 9.49. The summed E-state index contributed by atoms with van der Waals surface area (Å²) in [5.74, 6) is -5.41. The highest BCUT2D eigenvalue weighted by Crippen LogP contribution is 2.62. The Labute approximate surface area is 375 Å². The average Bonchev–Trinajstić information content (AvgIpc) is 3.47. The van der Waals surface area contributed by atoms with Crippen molar-refractivity contribution in [2.45, 2.75) is 137 Å². The highest BCUT2D eigenvalue weighted by molar-refractivity contribution is 6.26. The molecule has 0 radical (unpaired) electrons. The van der Waals surface area contributed by atoms with Crippen LogP contribution in [0.2, 0.25) is 0 Å². The van der Waals surface area contributed by atoms with Crippen LogP contribution in [0.4, 0.5) is 0 Å². The number of rotatable bonds is 7. The number of hydrogen-bond donors (Lipinski definition) is 4. The summed E-state index contributed by atoms with van der Waals surface area (Å²) in [6, 6.07) is 3.19. The summed E-state index contributed by atoms with van der Waals surface area (Å²) in [6.45, 7) is 16.6. The molecule has 4 N–H and O–H groups in total. The molecule has 2 heterocycles. The molecule has 1 aromatic rings. The molecule has 4 aliphatic carbocycles.